The van der Waals surface area contributed by atoms with Crippen molar-refractivity contribution in [2.75, 3.05) is 25.5 Å². The van der Waals surface area contributed by atoms with Crippen LogP contribution in [0.2, 0.25) is 0 Å². The Kier molecular flexibility index (Phi) is 6.01. The van der Waals surface area contributed by atoms with Crippen LogP contribution in [0.3, 0.4) is 0 Å². The molecule has 1 saturated heterocycles. The molecule has 140 valence electrons. The van der Waals surface area contributed by atoms with Crippen molar-refractivity contribution in [1.29, 1.82) is 0 Å². The van der Waals surface area contributed by atoms with Crippen LogP contribution < -0.4 is 4.90 Å². The van der Waals surface area contributed by atoms with Gasteiger partial charge in [-0.3, -0.25) is 9.69 Å². The van der Waals surface area contributed by atoms with Crippen molar-refractivity contribution < 1.29 is 4.79 Å². The molecule has 0 N–H and O–H groups in total. The van der Waals surface area contributed by atoms with Gasteiger partial charge in [0.15, 0.2) is 5.17 Å². The maximum absolute atomic E-state index is 12.9. The lowest BCUT2D eigenvalue weighted by atomic mass is 10.2. The van der Waals surface area contributed by atoms with Crippen LogP contribution in [-0.4, -0.2) is 36.6 Å². The van der Waals surface area contributed by atoms with E-state index in [9.17, 15) is 4.79 Å². The molecule has 5 heteroatoms. The van der Waals surface area contributed by atoms with E-state index in [1.807, 2.05) is 56.6 Å². The quantitative estimate of drug-likeness (QED) is 0.680. The first kappa shape index (κ1) is 19.2. The van der Waals surface area contributed by atoms with E-state index < -0.39 is 0 Å². The fourth-order valence-electron chi connectivity index (χ4n) is 2.76. The Labute approximate surface area is 165 Å². The first-order valence-electron chi connectivity index (χ1n) is 9.12. The number of nitrogens with zero attached hydrogens (tertiary/aromatic N) is 3. The van der Waals surface area contributed by atoms with Crippen LogP contribution >= 0.6 is 11.8 Å². The monoisotopic (exact) mass is 379 g/mol. The first-order chi connectivity index (χ1) is 13.0. The number of hydrogen-bond acceptors (Lipinski definition) is 4. The lowest BCUT2D eigenvalue weighted by Crippen LogP contribution is -2.29. The predicted molar refractivity (Wildman–Crippen MR) is 117 cm³/mol. The zero-order valence-electron chi connectivity index (χ0n) is 16.3. The molecule has 1 amide bonds. The minimum atomic E-state index is 0.0318. The average molecular weight is 380 g/mol. The first-order valence-corrected chi connectivity index (χ1v) is 9.93. The molecule has 0 bridgehead atoms. The normalized spacial score (nSPS) is 17.2. The van der Waals surface area contributed by atoms with Crippen LogP contribution in [0.15, 0.2) is 58.4 Å². The second kappa shape index (κ2) is 8.44. The summed E-state index contributed by atoms with van der Waals surface area (Å²) >= 11 is 1.45. The van der Waals surface area contributed by atoms with Gasteiger partial charge < -0.3 is 4.90 Å². The number of amides is 1. The number of rotatable bonds is 5. The van der Waals surface area contributed by atoms with Crippen LogP contribution in [0.1, 0.15) is 24.5 Å². The maximum Gasteiger partial charge on any atom is 0.266 e. The van der Waals surface area contributed by atoms with Gasteiger partial charge in [0.25, 0.3) is 5.91 Å². The van der Waals surface area contributed by atoms with Gasteiger partial charge >= 0.3 is 0 Å². The predicted octanol–water partition coefficient (Wildman–Crippen LogP) is 5.08. The number of aliphatic imine (C=N–C) groups is 1. The second-order valence-electron chi connectivity index (χ2n) is 6.78. The fraction of sp³-hybridized carbons (Fsp3) is 0.273. The standard InChI is InChI=1S/C22H25N3OS/c1-5-14-25-21(26)20(15-17-8-12-19(13-9-17)24(3)4)27-22(25)23-18-10-6-16(2)7-11-18/h6-13,15H,5,14H2,1-4H3/b20-15+,23-22?. The number of aryl methyl sites for hydroxylation is 1. The lowest BCUT2D eigenvalue weighted by molar-refractivity contribution is -0.122. The fourth-order valence-corrected chi connectivity index (χ4v) is 3.79. The third kappa shape index (κ3) is 4.61. The molecule has 2 aromatic carbocycles. The third-order valence-corrected chi connectivity index (χ3v) is 5.31. The Morgan fingerprint density at radius 2 is 1.74 bits per heavy atom. The number of anilines is 1. The number of carbonyl (C=O) groups is 1. The summed E-state index contributed by atoms with van der Waals surface area (Å²) in [6.07, 6.45) is 2.84. The van der Waals surface area contributed by atoms with E-state index in [4.69, 9.17) is 4.99 Å². The molecule has 0 unspecified atom stereocenters. The van der Waals surface area contributed by atoms with Gasteiger partial charge in [0.2, 0.25) is 0 Å². The van der Waals surface area contributed by atoms with E-state index in [1.54, 1.807) is 4.90 Å². The zero-order chi connectivity index (χ0) is 19.4. The molecule has 4 nitrogen and oxygen atoms in total. The number of benzene rings is 2. The molecule has 27 heavy (non-hydrogen) atoms. The van der Waals surface area contributed by atoms with Crippen LogP contribution in [0.5, 0.6) is 0 Å². The summed E-state index contributed by atoms with van der Waals surface area (Å²) in [5.74, 6) is 0.0318. The molecule has 2 aromatic rings. The van der Waals surface area contributed by atoms with Gasteiger partial charge in [0.1, 0.15) is 0 Å². The van der Waals surface area contributed by atoms with Crippen LogP contribution in [0.25, 0.3) is 6.08 Å². The second-order valence-corrected chi connectivity index (χ2v) is 7.79. The molecule has 0 aliphatic carbocycles. The van der Waals surface area contributed by atoms with Gasteiger partial charge in [-0.1, -0.05) is 36.8 Å². The highest BCUT2D eigenvalue weighted by Gasteiger charge is 2.32. The number of thioether (sulfide) groups is 1. The summed E-state index contributed by atoms with van der Waals surface area (Å²) in [6, 6.07) is 16.2. The molecule has 1 heterocycles. The summed E-state index contributed by atoms with van der Waals surface area (Å²) in [6.45, 7) is 4.80. The average Bonchev–Trinajstić information content (AvgIpc) is 2.93. The van der Waals surface area contributed by atoms with Gasteiger partial charge in [-0.05, 0) is 61.0 Å². The van der Waals surface area contributed by atoms with Crippen molar-refractivity contribution in [2.45, 2.75) is 20.3 Å². The summed E-state index contributed by atoms with van der Waals surface area (Å²) in [5.41, 5.74) is 4.22. The summed E-state index contributed by atoms with van der Waals surface area (Å²) in [4.78, 5) is 22.1. The molecule has 1 aliphatic rings. The number of carbonyl (C=O) groups excluding carboxylic acids is 1. The minimum absolute atomic E-state index is 0.0318. The van der Waals surface area contributed by atoms with E-state index in [0.717, 1.165) is 28.5 Å². The van der Waals surface area contributed by atoms with E-state index in [0.29, 0.717) is 11.4 Å². The highest BCUT2D eigenvalue weighted by Crippen LogP contribution is 2.34. The van der Waals surface area contributed by atoms with Crippen LogP contribution in [-0.2, 0) is 4.79 Å². The molecule has 0 atom stereocenters. The maximum atomic E-state index is 12.9. The molecular formula is C22H25N3OS. The number of hydrogen-bond donors (Lipinski definition) is 0. The van der Waals surface area contributed by atoms with E-state index in [1.165, 1.54) is 17.3 Å². The van der Waals surface area contributed by atoms with Crippen molar-refractivity contribution in [1.82, 2.24) is 4.90 Å². The smallest absolute Gasteiger partial charge is 0.266 e. The van der Waals surface area contributed by atoms with Gasteiger partial charge in [0, 0.05) is 26.3 Å². The number of amidine groups is 1. The van der Waals surface area contributed by atoms with Crippen molar-refractivity contribution in [3.8, 4) is 0 Å². The van der Waals surface area contributed by atoms with Crippen molar-refractivity contribution >= 4 is 40.3 Å². The molecule has 1 aliphatic heterocycles. The lowest BCUT2D eigenvalue weighted by Gasteiger charge is -2.14. The summed E-state index contributed by atoms with van der Waals surface area (Å²) in [5, 5.41) is 0.752. The van der Waals surface area contributed by atoms with Gasteiger partial charge in [-0.25, -0.2) is 4.99 Å². The Balaban J connectivity index is 1.89. The Bertz CT molecular complexity index is 867. The Morgan fingerprint density at radius 1 is 1.07 bits per heavy atom. The van der Waals surface area contributed by atoms with Gasteiger partial charge in [-0.2, -0.15) is 0 Å². The molecule has 0 aromatic heterocycles. The summed E-state index contributed by atoms with van der Waals surface area (Å²) in [7, 11) is 4.03. The summed E-state index contributed by atoms with van der Waals surface area (Å²) < 4.78 is 0. The Hall–Kier alpha value is -2.53. The van der Waals surface area contributed by atoms with Crippen LogP contribution in [0, 0.1) is 6.92 Å². The van der Waals surface area contributed by atoms with Crippen molar-refractivity contribution in [3.63, 3.8) is 0 Å². The highest BCUT2D eigenvalue weighted by molar-refractivity contribution is 8.18. The topological polar surface area (TPSA) is 35.9 Å². The van der Waals surface area contributed by atoms with E-state index in [-0.39, 0.29) is 5.91 Å². The zero-order valence-corrected chi connectivity index (χ0v) is 17.1. The minimum Gasteiger partial charge on any atom is -0.378 e. The molecule has 0 spiro atoms. The molecule has 1 fully saturated rings. The largest absolute Gasteiger partial charge is 0.378 e. The van der Waals surface area contributed by atoms with Crippen molar-refractivity contribution in [2.24, 2.45) is 4.99 Å². The Morgan fingerprint density at radius 3 is 2.33 bits per heavy atom. The van der Waals surface area contributed by atoms with Crippen LogP contribution in [0.4, 0.5) is 11.4 Å². The van der Waals surface area contributed by atoms with Crippen molar-refractivity contribution in [3.05, 3.63) is 64.6 Å². The van der Waals surface area contributed by atoms with E-state index in [2.05, 4.69) is 30.9 Å². The molecular weight excluding hydrogens is 354 g/mol. The molecule has 3 rings (SSSR count). The molecule has 0 radical (unpaired) electrons. The highest BCUT2D eigenvalue weighted by atomic mass is 32.2. The SMILES string of the molecule is CCCN1C(=O)/C(=C\c2ccc(N(C)C)cc2)SC1=Nc1ccc(C)cc1. The molecule has 0 saturated carbocycles. The third-order valence-electron chi connectivity index (χ3n) is 4.30. The van der Waals surface area contributed by atoms with Gasteiger partial charge in [0.05, 0.1) is 10.6 Å². The van der Waals surface area contributed by atoms with Gasteiger partial charge in [-0.15, -0.1) is 0 Å². The van der Waals surface area contributed by atoms with E-state index >= 15 is 0 Å².